The average molecular weight is 348 g/mol. The zero-order chi connectivity index (χ0) is 18.2. The van der Waals surface area contributed by atoms with E-state index in [1.807, 2.05) is 18.7 Å². The molecule has 1 aliphatic rings. The van der Waals surface area contributed by atoms with Crippen LogP contribution < -0.4 is 4.90 Å². The molecule has 0 aromatic carbocycles. The van der Waals surface area contributed by atoms with E-state index in [1.165, 1.54) is 6.20 Å². The highest BCUT2D eigenvalue weighted by molar-refractivity contribution is 5.92. The molecule has 0 bridgehead atoms. The molecule has 1 saturated heterocycles. The third-order valence-electron chi connectivity index (χ3n) is 4.70. The second-order valence-electron chi connectivity index (χ2n) is 6.57. The normalized spacial score (nSPS) is 15.2. The Morgan fingerprint density at radius 1 is 1.16 bits per heavy atom. The van der Waals surface area contributed by atoms with Gasteiger partial charge in [0.1, 0.15) is 5.69 Å². The summed E-state index contributed by atoms with van der Waals surface area (Å²) >= 11 is 0. The molecule has 7 heteroatoms. The fraction of sp³-hybridized carbons (Fsp3) is 0.667. The zero-order valence-electron chi connectivity index (χ0n) is 15.6. The van der Waals surface area contributed by atoms with Crippen molar-refractivity contribution in [1.82, 2.24) is 19.8 Å². The maximum Gasteiger partial charge on any atom is 0.274 e. The number of hydrogen-bond acceptors (Lipinski definition) is 4. The minimum atomic E-state index is -0.151. The number of likely N-dealkylation sites (N-methyl/N-ethyl adjacent to an activating group) is 1. The highest BCUT2D eigenvalue weighted by Gasteiger charge is 2.24. The second-order valence-corrected chi connectivity index (χ2v) is 6.57. The number of quaternary nitrogens is 1. The summed E-state index contributed by atoms with van der Waals surface area (Å²) in [7, 11) is 0. The van der Waals surface area contributed by atoms with Gasteiger partial charge in [0, 0.05) is 25.7 Å². The van der Waals surface area contributed by atoms with Crippen molar-refractivity contribution in [2.24, 2.45) is 0 Å². The lowest BCUT2D eigenvalue weighted by Gasteiger charge is -2.32. The van der Waals surface area contributed by atoms with Crippen molar-refractivity contribution in [3.63, 3.8) is 0 Å². The number of amides is 2. The van der Waals surface area contributed by atoms with E-state index in [0.717, 1.165) is 44.8 Å². The van der Waals surface area contributed by atoms with Crippen molar-refractivity contribution in [3.8, 4) is 0 Å². The van der Waals surface area contributed by atoms with Crippen LogP contribution in [-0.4, -0.2) is 77.4 Å². The van der Waals surface area contributed by atoms with Crippen molar-refractivity contribution in [1.29, 1.82) is 0 Å². The molecule has 0 saturated carbocycles. The molecule has 0 atom stereocenters. The second kappa shape index (κ2) is 9.46. The largest absolute Gasteiger partial charge is 0.337 e. The van der Waals surface area contributed by atoms with Gasteiger partial charge in [-0.3, -0.25) is 14.6 Å². The monoisotopic (exact) mass is 348 g/mol. The van der Waals surface area contributed by atoms with Crippen molar-refractivity contribution in [2.45, 2.75) is 33.6 Å². The first-order valence-corrected chi connectivity index (χ1v) is 9.24. The lowest BCUT2D eigenvalue weighted by molar-refractivity contribution is -0.902. The van der Waals surface area contributed by atoms with Gasteiger partial charge in [-0.25, -0.2) is 4.98 Å². The number of rotatable bonds is 7. The van der Waals surface area contributed by atoms with E-state index in [1.54, 1.807) is 16.0 Å². The number of carbonyl (C=O) groups excluding carboxylic acids is 2. The molecule has 2 amide bonds. The van der Waals surface area contributed by atoms with E-state index < -0.39 is 0 Å². The molecule has 1 aromatic rings. The number of carbonyl (C=O) groups is 2. The number of aromatic nitrogens is 2. The summed E-state index contributed by atoms with van der Waals surface area (Å²) in [5.74, 6) is -0.0126. The highest BCUT2D eigenvalue weighted by Crippen LogP contribution is 2.05. The Balaban J connectivity index is 1.89. The summed E-state index contributed by atoms with van der Waals surface area (Å²) in [6.45, 7) is 11.8. The maximum absolute atomic E-state index is 12.6. The minimum absolute atomic E-state index is 0.138. The molecule has 1 aromatic heterocycles. The molecule has 138 valence electrons. The fourth-order valence-corrected chi connectivity index (χ4v) is 3.06. The van der Waals surface area contributed by atoms with Gasteiger partial charge in [0.15, 0.2) is 0 Å². The van der Waals surface area contributed by atoms with Gasteiger partial charge >= 0.3 is 0 Å². The van der Waals surface area contributed by atoms with Crippen LogP contribution in [0.3, 0.4) is 0 Å². The Labute approximate surface area is 150 Å². The SMILES string of the molecule is CCCN(CCC(=O)N1CC[NH+](CC)CC1)C(=O)c1cnc(C)cn1. The molecule has 2 rings (SSSR count). The number of hydrogen-bond donors (Lipinski definition) is 1. The van der Waals surface area contributed by atoms with Gasteiger partial charge in [-0.05, 0) is 20.3 Å². The molecule has 2 heterocycles. The van der Waals surface area contributed by atoms with Gasteiger partial charge < -0.3 is 14.7 Å². The van der Waals surface area contributed by atoms with Crippen LogP contribution in [0.5, 0.6) is 0 Å². The molecule has 0 spiro atoms. The molecule has 1 N–H and O–H groups in total. The number of aryl methyl sites for hydroxylation is 1. The van der Waals surface area contributed by atoms with Crippen LogP contribution >= 0.6 is 0 Å². The Hall–Kier alpha value is -2.02. The van der Waals surface area contributed by atoms with Crippen LogP contribution in [0.2, 0.25) is 0 Å². The van der Waals surface area contributed by atoms with Gasteiger partial charge in [-0.1, -0.05) is 6.92 Å². The van der Waals surface area contributed by atoms with E-state index in [0.29, 0.717) is 25.2 Å². The maximum atomic E-state index is 12.6. The van der Waals surface area contributed by atoms with E-state index >= 15 is 0 Å². The molecule has 1 aliphatic heterocycles. The van der Waals surface area contributed by atoms with Gasteiger partial charge in [-0.2, -0.15) is 0 Å². The topological polar surface area (TPSA) is 70.8 Å². The van der Waals surface area contributed by atoms with E-state index in [4.69, 9.17) is 0 Å². The number of piperazine rings is 1. The summed E-state index contributed by atoms with van der Waals surface area (Å²) in [5.41, 5.74) is 1.12. The first kappa shape index (κ1) is 19.3. The predicted molar refractivity (Wildman–Crippen MR) is 95.4 cm³/mol. The van der Waals surface area contributed by atoms with E-state index in [2.05, 4.69) is 16.9 Å². The fourth-order valence-electron chi connectivity index (χ4n) is 3.06. The third-order valence-corrected chi connectivity index (χ3v) is 4.70. The summed E-state index contributed by atoms with van der Waals surface area (Å²) in [6, 6.07) is 0. The number of nitrogens with zero attached hydrogens (tertiary/aromatic N) is 4. The van der Waals surface area contributed by atoms with Crippen molar-refractivity contribution >= 4 is 11.8 Å². The van der Waals surface area contributed by atoms with Crippen LogP contribution in [0.15, 0.2) is 12.4 Å². The van der Waals surface area contributed by atoms with Crippen LogP contribution in [0.25, 0.3) is 0 Å². The average Bonchev–Trinajstić information content (AvgIpc) is 2.65. The van der Waals surface area contributed by atoms with Crippen LogP contribution in [-0.2, 0) is 4.79 Å². The Morgan fingerprint density at radius 2 is 1.88 bits per heavy atom. The van der Waals surface area contributed by atoms with Crippen LogP contribution in [0.1, 0.15) is 42.9 Å². The van der Waals surface area contributed by atoms with Gasteiger partial charge in [0.2, 0.25) is 5.91 Å². The van der Waals surface area contributed by atoms with Gasteiger partial charge in [0.05, 0.1) is 44.6 Å². The van der Waals surface area contributed by atoms with Crippen LogP contribution in [0.4, 0.5) is 0 Å². The zero-order valence-corrected chi connectivity index (χ0v) is 15.6. The summed E-state index contributed by atoms with van der Waals surface area (Å²) < 4.78 is 0. The van der Waals surface area contributed by atoms with Crippen molar-refractivity contribution in [3.05, 3.63) is 23.8 Å². The van der Waals surface area contributed by atoms with E-state index in [-0.39, 0.29) is 11.8 Å². The number of nitrogens with one attached hydrogen (secondary N) is 1. The summed E-state index contributed by atoms with van der Waals surface area (Å²) in [6.07, 6.45) is 4.32. The predicted octanol–water partition coefficient (Wildman–Crippen LogP) is -0.226. The highest BCUT2D eigenvalue weighted by atomic mass is 16.2. The Bertz CT molecular complexity index is 567. The summed E-state index contributed by atoms with van der Waals surface area (Å²) in [4.78, 5) is 38.6. The van der Waals surface area contributed by atoms with E-state index in [9.17, 15) is 9.59 Å². The molecule has 0 radical (unpaired) electrons. The van der Waals surface area contributed by atoms with Crippen LogP contribution in [0, 0.1) is 6.92 Å². The quantitative estimate of drug-likeness (QED) is 0.739. The lowest BCUT2D eigenvalue weighted by atomic mass is 10.2. The van der Waals surface area contributed by atoms with Gasteiger partial charge in [0.25, 0.3) is 5.91 Å². The lowest BCUT2D eigenvalue weighted by Crippen LogP contribution is -3.14. The molecular formula is C18H30N5O2+. The smallest absolute Gasteiger partial charge is 0.274 e. The first-order chi connectivity index (χ1) is 12.0. The molecule has 25 heavy (non-hydrogen) atoms. The molecule has 1 fully saturated rings. The Morgan fingerprint density at radius 3 is 2.44 bits per heavy atom. The standard InChI is InChI=1S/C18H29N5O2/c1-4-7-23(18(25)16-14-19-15(3)13-20-16)8-6-17(24)22-11-9-21(5-2)10-12-22/h13-14H,4-12H2,1-3H3/p+1. The molecule has 0 unspecified atom stereocenters. The van der Waals surface area contributed by atoms with Crippen molar-refractivity contribution < 1.29 is 14.5 Å². The Kier molecular flexibility index (Phi) is 7.31. The van der Waals surface area contributed by atoms with Crippen molar-refractivity contribution in [2.75, 3.05) is 45.8 Å². The third kappa shape index (κ3) is 5.49. The first-order valence-electron chi connectivity index (χ1n) is 9.24. The molecule has 7 nitrogen and oxygen atoms in total. The van der Waals surface area contributed by atoms with Gasteiger partial charge in [-0.15, -0.1) is 0 Å². The minimum Gasteiger partial charge on any atom is -0.337 e. The molecule has 0 aliphatic carbocycles. The summed E-state index contributed by atoms with van der Waals surface area (Å²) in [5, 5.41) is 0. The molecular weight excluding hydrogens is 318 g/mol.